The van der Waals surface area contributed by atoms with Crippen molar-refractivity contribution in [1.29, 1.82) is 0 Å². The molecule has 3 N–H and O–H groups in total. The van der Waals surface area contributed by atoms with Gasteiger partial charge in [0.15, 0.2) is 0 Å². The van der Waals surface area contributed by atoms with E-state index in [2.05, 4.69) is 22.8 Å². The highest BCUT2D eigenvalue weighted by atomic mass is 16.5. The van der Waals surface area contributed by atoms with Gasteiger partial charge < -0.3 is 25.2 Å². The number of carboxylic acid groups (broad SMARTS) is 1. The van der Waals surface area contributed by atoms with Gasteiger partial charge in [-0.05, 0) is 35.1 Å². The Hall–Kier alpha value is -3.39. The molecule has 8 nitrogen and oxygen atoms in total. The zero-order valence-electron chi connectivity index (χ0n) is 18.9. The number of hydrogen-bond acceptors (Lipinski definition) is 5. The van der Waals surface area contributed by atoms with E-state index in [1.165, 1.54) is 7.11 Å². The quantitative estimate of drug-likeness (QED) is 0.449. The molecule has 33 heavy (non-hydrogen) atoms. The summed E-state index contributed by atoms with van der Waals surface area (Å²) in [6.45, 7) is 2.04. The number of benzene rings is 2. The van der Waals surface area contributed by atoms with Crippen LogP contribution in [0.15, 0.2) is 48.5 Å². The van der Waals surface area contributed by atoms with Crippen molar-refractivity contribution in [2.24, 2.45) is 0 Å². The van der Waals surface area contributed by atoms with Crippen molar-refractivity contribution in [3.63, 3.8) is 0 Å². The molecule has 8 heteroatoms. The van der Waals surface area contributed by atoms with Gasteiger partial charge >= 0.3 is 12.1 Å². The van der Waals surface area contributed by atoms with E-state index in [0.29, 0.717) is 6.42 Å². The summed E-state index contributed by atoms with van der Waals surface area (Å²) in [6, 6.07) is 16.1. The number of ether oxygens (including phenoxy) is 2. The average molecular weight is 455 g/mol. The summed E-state index contributed by atoms with van der Waals surface area (Å²) in [5.41, 5.74) is 3.14. The van der Waals surface area contributed by atoms with E-state index in [0.717, 1.165) is 22.3 Å². The highest BCUT2D eigenvalue weighted by Crippen LogP contribution is 2.44. The lowest BCUT2D eigenvalue weighted by Crippen LogP contribution is -2.61. The molecular weight excluding hydrogens is 424 g/mol. The van der Waals surface area contributed by atoms with E-state index in [1.807, 2.05) is 36.4 Å². The molecule has 0 saturated heterocycles. The highest BCUT2D eigenvalue weighted by Gasteiger charge is 2.39. The van der Waals surface area contributed by atoms with Crippen LogP contribution in [-0.2, 0) is 19.1 Å². The molecule has 1 atom stereocenters. The van der Waals surface area contributed by atoms with Crippen molar-refractivity contribution in [2.45, 2.75) is 37.6 Å². The fraction of sp³-hybridized carbons (Fsp3) is 0.400. The number of carbonyl (C=O) groups excluding carboxylic acids is 2. The minimum atomic E-state index is -1.32. The van der Waals surface area contributed by atoms with Gasteiger partial charge in [-0.3, -0.25) is 9.59 Å². The van der Waals surface area contributed by atoms with E-state index in [9.17, 15) is 14.4 Å². The molecule has 2 aromatic carbocycles. The predicted octanol–water partition coefficient (Wildman–Crippen LogP) is 3.30. The lowest BCUT2D eigenvalue weighted by Gasteiger charge is -2.31. The Morgan fingerprint density at radius 3 is 2.18 bits per heavy atom. The maximum absolute atomic E-state index is 12.8. The van der Waals surface area contributed by atoms with Crippen LogP contribution in [0.1, 0.15) is 43.2 Å². The smallest absolute Gasteiger partial charge is 0.408 e. The van der Waals surface area contributed by atoms with E-state index in [4.69, 9.17) is 14.6 Å². The van der Waals surface area contributed by atoms with Crippen LogP contribution in [-0.4, -0.2) is 55.5 Å². The van der Waals surface area contributed by atoms with Gasteiger partial charge in [-0.2, -0.15) is 0 Å². The molecule has 0 heterocycles. The number of rotatable bonds is 11. The Labute approximate surface area is 193 Å². The number of nitrogens with one attached hydrogen (secondary N) is 2. The van der Waals surface area contributed by atoms with Crippen LogP contribution in [0.25, 0.3) is 11.1 Å². The zero-order valence-corrected chi connectivity index (χ0v) is 18.9. The van der Waals surface area contributed by atoms with E-state index in [-0.39, 0.29) is 38.5 Å². The van der Waals surface area contributed by atoms with Crippen molar-refractivity contribution in [2.75, 3.05) is 26.9 Å². The summed E-state index contributed by atoms with van der Waals surface area (Å²) >= 11 is 0. The number of carboxylic acids is 1. The topological polar surface area (TPSA) is 114 Å². The van der Waals surface area contributed by atoms with Gasteiger partial charge in [-0.15, -0.1) is 0 Å². The normalized spacial score (nSPS) is 14.0. The fourth-order valence-corrected chi connectivity index (χ4v) is 4.20. The number of methoxy groups -OCH3 is 1. The standard InChI is InChI=1S/C25H30N2O6/c1-3-25(16-32-2,23(30)26-14-8-13-22(28)29)27-24(31)33-15-21-19-11-6-4-9-17(19)18-10-5-7-12-20(18)21/h4-7,9-12,21H,3,8,13-16H2,1-2H3,(H,26,30)(H,27,31)(H,28,29). The number of aliphatic carboxylic acids is 1. The van der Waals surface area contributed by atoms with Crippen LogP contribution >= 0.6 is 0 Å². The van der Waals surface area contributed by atoms with Gasteiger partial charge in [-0.25, -0.2) is 4.79 Å². The molecule has 0 aromatic heterocycles. The van der Waals surface area contributed by atoms with Crippen LogP contribution in [0, 0.1) is 0 Å². The van der Waals surface area contributed by atoms with Crippen molar-refractivity contribution in [1.82, 2.24) is 10.6 Å². The third-order valence-electron chi connectivity index (χ3n) is 5.97. The first kappa shape index (κ1) is 24.3. The summed E-state index contributed by atoms with van der Waals surface area (Å²) < 4.78 is 10.8. The highest BCUT2D eigenvalue weighted by molar-refractivity contribution is 5.90. The summed E-state index contributed by atoms with van der Waals surface area (Å²) in [5.74, 6) is -1.46. The molecule has 1 aliphatic carbocycles. The van der Waals surface area contributed by atoms with Gasteiger partial charge in [0.05, 0.1) is 6.61 Å². The predicted molar refractivity (Wildman–Crippen MR) is 123 cm³/mol. The van der Waals surface area contributed by atoms with E-state index >= 15 is 0 Å². The number of alkyl carbamates (subject to hydrolysis) is 1. The fourth-order valence-electron chi connectivity index (χ4n) is 4.20. The number of amides is 2. The van der Waals surface area contributed by atoms with Gasteiger partial charge in [0.25, 0.3) is 0 Å². The van der Waals surface area contributed by atoms with Gasteiger partial charge in [0, 0.05) is 26.0 Å². The summed E-state index contributed by atoms with van der Waals surface area (Å²) in [7, 11) is 1.45. The molecule has 1 unspecified atom stereocenters. The third-order valence-corrected chi connectivity index (χ3v) is 5.97. The second-order valence-electron chi connectivity index (χ2n) is 8.07. The first-order valence-electron chi connectivity index (χ1n) is 11.0. The number of carbonyl (C=O) groups is 3. The second kappa shape index (κ2) is 11.0. The van der Waals surface area contributed by atoms with E-state index < -0.39 is 23.5 Å². The molecule has 0 saturated carbocycles. The Balaban J connectivity index is 1.66. The zero-order chi connectivity index (χ0) is 23.8. The molecule has 0 bridgehead atoms. The number of hydrogen-bond donors (Lipinski definition) is 3. The Bertz CT molecular complexity index is 962. The summed E-state index contributed by atoms with van der Waals surface area (Å²) in [4.78, 5) is 36.3. The monoisotopic (exact) mass is 454 g/mol. The molecular formula is C25H30N2O6. The molecule has 0 fully saturated rings. The first-order valence-corrected chi connectivity index (χ1v) is 11.0. The van der Waals surface area contributed by atoms with Crippen molar-refractivity contribution in [3.05, 3.63) is 59.7 Å². The van der Waals surface area contributed by atoms with Crippen LogP contribution in [0.2, 0.25) is 0 Å². The third kappa shape index (κ3) is 5.51. The second-order valence-corrected chi connectivity index (χ2v) is 8.07. The SMILES string of the molecule is CCC(COC)(NC(=O)OCC1c2ccccc2-c2ccccc21)C(=O)NCCCC(=O)O. The van der Waals surface area contributed by atoms with Gasteiger partial charge in [0.1, 0.15) is 12.1 Å². The Morgan fingerprint density at radius 1 is 1.03 bits per heavy atom. The minimum Gasteiger partial charge on any atom is -0.481 e. The molecule has 176 valence electrons. The Morgan fingerprint density at radius 2 is 1.64 bits per heavy atom. The van der Waals surface area contributed by atoms with E-state index in [1.54, 1.807) is 6.92 Å². The molecule has 2 aromatic rings. The summed E-state index contributed by atoms with van der Waals surface area (Å²) in [5, 5.41) is 14.1. The average Bonchev–Trinajstić information content (AvgIpc) is 3.13. The van der Waals surface area contributed by atoms with Crippen LogP contribution in [0.3, 0.4) is 0 Å². The molecule has 1 aliphatic rings. The van der Waals surface area contributed by atoms with Gasteiger partial charge in [-0.1, -0.05) is 55.5 Å². The molecule has 0 spiro atoms. The minimum absolute atomic E-state index is 0.0432. The Kier molecular flexibility index (Phi) is 8.06. The molecule has 0 radical (unpaired) electrons. The summed E-state index contributed by atoms with van der Waals surface area (Å²) in [6.07, 6.45) is -0.200. The van der Waals surface area contributed by atoms with Crippen molar-refractivity contribution < 1.29 is 29.0 Å². The van der Waals surface area contributed by atoms with Crippen LogP contribution in [0.5, 0.6) is 0 Å². The first-order chi connectivity index (χ1) is 15.9. The lowest BCUT2D eigenvalue weighted by atomic mass is 9.96. The largest absolute Gasteiger partial charge is 0.481 e. The molecule has 2 amide bonds. The van der Waals surface area contributed by atoms with Crippen molar-refractivity contribution in [3.8, 4) is 11.1 Å². The number of fused-ring (bicyclic) bond motifs is 3. The maximum Gasteiger partial charge on any atom is 0.408 e. The lowest BCUT2D eigenvalue weighted by molar-refractivity contribution is -0.137. The molecule has 0 aliphatic heterocycles. The van der Waals surface area contributed by atoms with Crippen LogP contribution in [0.4, 0.5) is 4.79 Å². The van der Waals surface area contributed by atoms with Crippen LogP contribution < -0.4 is 10.6 Å². The van der Waals surface area contributed by atoms with Gasteiger partial charge in [0.2, 0.25) is 5.91 Å². The van der Waals surface area contributed by atoms with Crippen molar-refractivity contribution >= 4 is 18.0 Å². The maximum atomic E-state index is 12.8. The molecule has 3 rings (SSSR count).